The van der Waals surface area contributed by atoms with Crippen LogP contribution in [0.2, 0.25) is 0 Å². The highest BCUT2D eigenvalue weighted by Crippen LogP contribution is 2.30. The Bertz CT molecular complexity index is 791. The standard InChI is InChI=1S/C25H35NO7/c1-25(2,3)33-21(27)19-11-13-20(14-12-19)31-24(26-15-7-8-16-26)32-23(29)22(28)30-17-18-9-5-4-6-10-18/h4-6,9-10,19-20,24H,7-8,11-17H2,1-3H3. The molecule has 1 aromatic carbocycles. The van der Waals surface area contributed by atoms with E-state index in [0.29, 0.717) is 25.7 Å². The van der Waals surface area contributed by atoms with Gasteiger partial charge in [0, 0.05) is 13.1 Å². The zero-order chi connectivity index (χ0) is 23.8. The lowest BCUT2D eigenvalue weighted by molar-refractivity contribution is -0.241. The Morgan fingerprint density at radius 1 is 0.970 bits per heavy atom. The number of carbonyl (C=O) groups is 3. The van der Waals surface area contributed by atoms with E-state index >= 15 is 0 Å². The monoisotopic (exact) mass is 461 g/mol. The number of rotatable bonds is 7. The number of hydrogen-bond donors (Lipinski definition) is 0. The first kappa shape index (κ1) is 25.2. The van der Waals surface area contributed by atoms with Gasteiger partial charge in [0.25, 0.3) is 6.41 Å². The molecule has 1 aliphatic heterocycles. The van der Waals surface area contributed by atoms with Crippen molar-refractivity contribution in [1.82, 2.24) is 4.90 Å². The minimum absolute atomic E-state index is 0.00130. The van der Waals surface area contributed by atoms with Crippen LogP contribution < -0.4 is 0 Å². The molecule has 3 rings (SSSR count). The first-order valence-corrected chi connectivity index (χ1v) is 11.8. The minimum atomic E-state index is -1.06. The van der Waals surface area contributed by atoms with Crippen molar-refractivity contribution >= 4 is 17.9 Å². The Morgan fingerprint density at radius 3 is 2.21 bits per heavy atom. The Morgan fingerprint density at radius 2 is 1.61 bits per heavy atom. The van der Waals surface area contributed by atoms with Crippen molar-refractivity contribution in [2.24, 2.45) is 5.92 Å². The van der Waals surface area contributed by atoms with Crippen LogP contribution in [-0.4, -0.2) is 54.0 Å². The molecule has 8 nitrogen and oxygen atoms in total. The van der Waals surface area contributed by atoms with Gasteiger partial charge in [0.15, 0.2) is 0 Å². The molecule has 2 fully saturated rings. The summed E-state index contributed by atoms with van der Waals surface area (Å²) in [6, 6.07) is 9.13. The highest BCUT2D eigenvalue weighted by Gasteiger charge is 2.35. The molecule has 0 spiro atoms. The number of ether oxygens (including phenoxy) is 4. The summed E-state index contributed by atoms with van der Waals surface area (Å²) >= 11 is 0. The topological polar surface area (TPSA) is 91.4 Å². The third-order valence-electron chi connectivity index (χ3n) is 5.75. The molecule has 0 radical (unpaired) electrons. The second kappa shape index (κ2) is 11.6. The Balaban J connectivity index is 1.50. The van der Waals surface area contributed by atoms with E-state index in [9.17, 15) is 14.4 Å². The van der Waals surface area contributed by atoms with Crippen LogP contribution in [0.3, 0.4) is 0 Å². The molecular formula is C25H35NO7. The lowest BCUT2D eigenvalue weighted by atomic mass is 9.87. The second-order valence-corrected chi connectivity index (χ2v) is 9.66. The zero-order valence-corrected chi connectivity index (χ0v) is 19.8. The van der Waals surface area contributed by atoms with Gasteiger partial charge in [0.1, 0.15) is 12.2 Å². The summed E-state index contributed by atoms with van der Waals surface area (Å²) in [6.45, 7) is 7.03. The van der Waals surface area contributed by atoms with E-state index in [1.807, 2.05) is 56.0 Å². The van der Waals surface area contributed by atoms with Crippen molar-refractivity contribution in [3.05, 3.63) is 35.9 Å². The number of esters is 3. The van der Waals surface area contributed by atoms with E-state index in [2.05, 4.69) is 0 Å². The lowest BCUT2D eigenvalue weighted by Gasteiger charge is -2.34. The van der Waals surface area contributed by atoms with Gasteiger partial charge in [0.2, 0.25) is 0 Å². The number of hydrogen-bond acceptors (Lipinski definition) is 8. The fraction of sp³-hybridized carbons (Fsp3) is 0.640. The van der Waals surface area contributed by atoms with E-state index in [-0.39, 0.29) is 24.6 Å². The zero-order valence-electron chi connectivity index (χ0n) is 19.8. The maximum Gasteiger partial charge on any atom is 0.420 e. The molecule has 1 saturated carbocycles. The molecule has 1 unspecified atom stereocenters. The smallest absolute Gasteiger partial charge is 0.420 e. The van der Waals surface area contributed by atoms with Gasteiger partial charge in [-0.1, -0.05) is 30.3 Å². The number of likely N-dealkylation sites (tertiary alicyclic amines) is 1. The molecule has 1 aromatic rings. The summed E-state index contributed by atoms with van der Waals surface area (Å²) < 4.78 is 22.1. The van der Waals surface area contributed by atoms with Gasteiger partial charge in [-0.2, -0.15) is 0 Å². The quantitative estimate of drug-likeness (QED) is 0.263. The van der Waals surface area contributed by atoms with Crippen LogP contribution in [0.1, 0.15) is 64.9 Å². The van der Waals surface area contributed by atoms with Gasteiger partial charge in [-0.3, -0.25) is 4.79 Å². The molecular weight excluding hydrogens is 426 g/mol. The van der Waals surface area contributed by atoms with E-state index in [4.69, 9.17) is 18.9 Å². The minimum Gasteiger partial charge on any atom is -0.460 e. The molecule has 1 heterocycles. The predicted octanol–water partition coefficient (Wildman–Crippen LogP) is 3.57. The van der Waals surface area contributed by atoms with Gasteiger partial charge in [-0.05, 0) is 64.9 Å². The normalized spacial score (nSPS) is 22.4. The van der Waals surface area contributed by atoms with E-state index in [0.717, 1.165) is 31.5 Å². The fourth-order valence-corrected chi connectivity index (χ4v) is 4.05. The average Bonchev–Trinajstić information content (AvgIpc) is 3.32. The Hall–Kier alpha value is -2.45. The Labute approximate surface area is 195 Å². The van der Waals surface area contributed by atoms with Crippen molar-refractivity contribution in [2.45, 2.75) is 84.0 Å². The third-order valence-corrected chi connectivity index (χ3v) is 5.75. The van der Waals surface area contributed by atoms with Crippen LogP contribution in [0.25, 0.3) is 0 Å². The molecule has 0 bridgehead atoms. The van der Waals surface area contributed by atoms with Gasteiger partial charge < -0.3 is 18.9 Å². The molecule has 0 N–H and O–H groups in total. The van der Waals surface area contributed by atoms with E-state index < -0.39 is 24.0 Å². The van der Waals surface area contributed by atoms with Crippen molar-refractivity contribution in [3.8, 4) is 0 Å². The van der Waals surface area contributed by atoms with Crippen LogP contribution >= 0.6 is 0 Å². The number of carbonyl (C=O) groups excluding carboxylic acids is 3. The van der Waals surface area contributed by atoms with Crippen LogP contribution in [0.15, 0.2) is 30.3 Å². The first-order valence-electron chi connectivity index (χ1n) is 11.8. The van der Waals surface area contributed by atoms with E-state index in [1.165, 1.54) is 0 Å². The van der Waals surface area contributed by atoms with Crippen LogP contribution in [-0.2, 0) is 39.9 Å². The molecule has 8 heteroatoms. The van der Waals surface area contributed by atoms with Gasteiger partial charge in [0.05, 0.1) is 12.0 Å². The molecule has 1 atom stereocenters. The van der Waals surface area contributed by atoms with Crippen LogP contribution in [0.4, 0.5) is 0 Å². The predicted molar refractivity (Wildman–Crippen MR) is 120 cm³/mol. The summed E-state index contributed by atoms with van der Waals surface area (Å²) in [5.41, 5.74) is 0.280. The second-order valence-electron chi connectivity index (χ2n) is 9.66. The molecule has 0 amide bonds. The first-order chi connectivity index (χ1) is 15.7. The van der Waals surface area contributed by atoms with Crippen molar-refractivity contribution in [2.75, 3.05) is 13.1 Å². The van der Waals surface area contributed by atoms with Crippen molar-refractivity contribution < 1.29 is 33.3 Å². The van der Waals surface area contributed by atoms with Gasteiger partial charge in [-0.15, -0.1) is 0 Å². The summed E-state index contributed by atoms with van der Waals surface area (Å²) in [6.07, 6.45) is 3.46. The Kier molecular flexibility index (Phi) is 8.86. The van der Waals surface area contributed by atoms with Crippen LogP contribution in [0, 0.1) is 5.92 Å². The summed E-state index contributed by atoms with van der Waals surface area (Å²) in [5.74, 6) is -2.43. The summed E-state index contributed by atoms with van der Waals surface area (Å²) in [4.78, 5) is 38.8. The van der Waals surface area contributed by atoms with Crippen molar-refractivity contribution in [1.29, 1.82) is 0 Å². The molecule has 182 valence electrons. The third kappa shape index (κ3) is 8.12. The summed E-state index contributed by atoms with van der Waals surface area (Å²) in [5, 5.41) is 0. The molecule has 1 saturated heterocycles. The SMILES string of the molecule is CC(C)(C)OC(=O)C1CCC(OC(OC(=O)C(=O)OCc2ccccc2)N2CCCC2)CC1. The van der Waals surface area contributed by atoms with Gasteiger partial charge in [-0.25, -0.2) is 14.5 Å². The molecule has 0 aromatic heterocycles. The van der Waals surface area contributed by atoms with E-state index in [1.54, 1.807) is 0 Å². The maximum atomic E-state index is 12.4. The lowest BCUT2D eigenvalue weighted by Crippen LogP contribution is -2.43. The molecule has 1 aliphatic carbocycles. The molecule has 2 aliphatic rings. The largest absolute Gasteiger partial charge is 0.460 e. The summed E-state index contributed by atoms with van der Waals surface area (Å²) in [7, 11) is 0. The fourth-order valence-electron chi connectivity index (χ4n) is 4.05. The highest BCUT2D eigenvalue weighted by atomic mass is 16.7. The van der Waals surface area contributed by atoms with Crippen LogP contribution in [0.5, 0.6) is 0 Å². The molecule has 33 heavy (non-hydrogen) atoms. The van der Waals surface area contributed by atoms with Gasteiger partial charge >= 0.3 is 17.9 Å². The number of nitrogens with zero attached hydrogens (tertiary/aromatic N) is 1. The highest BCUT2D eigenvalue weighted by molar-refractivity contribution is 6.29. The average molecular weight is 462 g/mol. The maximum absolute atomic E-state index is 12.4. The number of benzene rings is 1. The van der Waals surface area contributed by atoms with Crippen molar-refractivity contribution in [3.63, 3.8) is 0 Å².